The maximum Gasteiger partial charge on any atom is 0.122 e. The van der Waals surface area contributed by atoms with Gasteiger partial charge in [-0.25, -0.2) is 0 Å². The first-order valence-corrected chi connectivity index (χ1v) is 7.85. The molecule has 1 aliphatic rings. The van der Waals surface area contributed by atoms with Crippen molar-refractivity contribution < 1.29 is 4.42 Å². The van der Waals surface area contributed by atoms with Gasteiger partial charge in [-0.15, -0.1) is 0 Å². The maximum absolute atomic E-state index is 5.62. The fourth-order valence-corrected chi connectivity index (χ4v) is 2.88. The lowest BCUT2D eigenvalue weighted by Crippen LogP contribution is -2.41. The molecule has 0 radical (unpaired) electrons. The second-order valence-corrected chi connectivity index (χ2v) is 6.00. The van der Waals surface area contributed by atoms with E-state index >= 15 is 0 Å². The van der Waals surface area contributed by atoms with Crippen molar-refractivity contribution >= 4 is 0 Å². The fraction of sp³-hybridized carbons (Fsp3) is 0.750. The van der Waals surface area contributed by atoms with Gasteiger partial charge in [-0.3, -0.25) is 4.90 Å². The predicted octanol–water partition coefficient (Wildman–Crippen LogP) is 2.31. The summed E-state index contributed by atoms with van der Waals surface area (Å²) in [5.74, 6) is 1.10. The molecule has 0 aliphatic carbocycles. The standard InChI is InChI=1S/C16H29N3O/c1-4-8-17-12-16-14(7-11-20-16)13-19(3)15-5-9-18(2)10-6-15/h7,11,15,17H,4-6,8-10,12-13H2,1-3H3. The average Bonchev–Trinajstić information content (AvgIpc) is 2.87. The summed E-state index contributed by atoms with van der Waals surface area (Å²) < 4.78 is 5.62. The Morgan fingerprint density at radius 2 is 2.15 bits per heavy atom. The molecule has 1 aromatic rings. The highest BCUT2D eigenvalue weighted by molar-refractivity contribution is 5.17. The fourth-order valence-electron chi connectivity index (χ4n) is 2.88. The average molecular weight is 279 g/mol. The Morgan fingerprint density at radius 1 is 1.40 bits per heavy atom. The van der Waals surface area contributed by atoms with E-state index in [1.807, 2.05) is 6.26 Å². The van der Waals surface area contributed by atoms with E-state index in [0.717, 1.165) is 31.8 Å². The molecular formula is C16H29N3O. The lowest BCUT2D eigenvalue weighted by atomic mass is 10.0. The lowest BCUT2D eigenvalue weighted by molar-refractivity contribution is 0.138. The monoisotopic (exact) mass is 279 g/mol. The molecule has 20 heavy (non-hydrogen) atoms. The van der Waals surface area contributed by atoms with Crippen LogP contribution in [-0.2, 0) is 13.1 Å². The third kappa shape index (κ3) is 4.33. The van der Waals surface area contributed by atoms with Crippen LogP contribution >= 0.6 is 0 Å². The van der Waals surface area contributed by atoms with Gasteiger partial charge in [0.25, 0.3) is 0 Å². The molecule has 0 bridgehead atoms. The Hall–Kier alpha value is -0.840. The van der Waals surface area contributed by atoms with E-state index in [2.05, 4.69) is 42.2 Å². The van der Waals surface area contributed by atoms with Crippen LogP contribution in [0.5, 0.6) is 0 Å². The van der Waals surface area contributed by atoms with E-state index in [0.29, 0.717) is 6.04 Å². The molecule has 0 unspecified atom stereocenters. The summed E-state index contributed by atoms with van der Waals surface area (Å²) in [6, 6.07) is 2.83. The van der Waals surface area contributed by atoms with Crippen molar-refractivity contribution in [1.29, 1.82) is 0 Å². The number of nitrogens with zero attached hydrogens (tertiary/aromatic N) is 2. The van der Waals surface area contributed by atoms with Gasteiger partial charge >= 0.3 is 0 Å². The van der Waals surface area contributed by atoms with Crippen molar-refractivity contribution in [2.45, 2.75) is 45.3 Å². The van der Waals surface area contributed by atoms with Crippen molar-refractivity contribution in [1.82, 2.24) is 15.1 Å². The van der Waals surface area contributed by atoms with Gasteiger partial charge in [0.05, 0.1) is 12.8 Å². The van der Waals surface area contributed by atoms with Gasteiger partial charge in [0.1, 0.15) is 5.76 Å². The maximum atomic E-state index is 5.62. The van der Waals surface area contributed by atoms with Crippen LogP contribution in [0.4, 0.5) is 0 Å². The van der Waals surface area contributed by atoms with Gasteiger partial charge in [-0.2, -0.15) is 0 Å². The second kappa shape index (κ2) is 7.81. The summed E-state index contributed by atoms with van der Waals surface area (Å²) in [6.07, 6.45) is 5.52. The van der Waals surface area contributed by atoms with E-state index in [1.54, 1.807) is 0 Å². The summed E-state index contributed by atoms with van der Waals surface area (Å²) >= 11 is 0. The van der Waals surface area contributed by atoms with Crippen molar-refractivity contribution in [2.24, 2.45) is 0 Å². The van der Waals surface area contributed by atoms with Crippen LogP contribution in [0.2, 0.25) is 0 Å². The predicted molar refractivity (Wildman–Crippen MR) is 82.7 cm³/mol. The van der Waals surface area contributed by atoms with Gasteiger partial charge in [0.15, 0.2) is 0 Å². The van der Waals surface area contributed by atoms with Gasteiger partial charge in [0.2, 0.25) is 0 Å². The molecular weight excluding hydrogens is 250 g/mol. The van der Waals surface area contributed by atoms with Crippen LogP contribution in [0.3, 0.4) is 0 Å². The van der Waals surface area contributed by atoms with E-state index in [9.17, 15) is 0 Å². The molecule has 1 aliphatic heterocycles. The summed E-state index contributed by atoms with van der Waals surface area (Å²) in [4.78, 5) is 4.91. The van der Waals surface area contributed by atoms with E-state index in [-0.39, 0.29) is 0 Å². The molecule has 114 valence electrons. The molecule has 0 saturated carbocycles. The van der Waals surface area contributed by atoms with Crippen LogP contribution < -0.4 is 5.32 Å². The van der Waals surface area contributed by atoms with E-state index in [4.69, 9.17) is 4.42 Å². The number of nitrogens with one attached hydrogen (secondary N) is 1. The van der Waals surface area contributed by atoms with Gasteiger partial charge < -0.3 is 14.6 Å². The van der Waals surface area contributed by atoms with Crippen molar-refractivity contribution in [3.05, 3.63) is 23.7 Å². The first-order valence-electron chi connectivity index (χ1n) is 7.85. The normalized spacial score (nSPS) is 18.0. The number of rotatable bonds is 7. The Morgan fingerprint density at radius 3 is 2.85 bits per heavy atom. The molecule has 0 spiro atoms. The summed E-state index contributed by atoms with van der Waals surface area (Å²) in [5.41, 5.74) is 1.33. The first kappa shape index (κ1) is 15.5. The molecule has 1 saturated heterocycles. The van der Waals surface area contributed by atoms with E-state index < -0.39 is 0 Å². The highest BCUT2D eigenvalue weighted by Crippen LogP contribution is 2.19. The Balaban J connectivity index is 1.84. The minimum absolute atomic E-state index is 0.706. The van der Waals surface area contributed by atoms with Crippen LogP contribution in [0, 0.1) is 0 Å². The molecule has 1 fully saturated rings. The minimum atomic E-state index is 0.706. The van der Waals surface area contributed by atoms with Crippen LogP contribution in [0.25, 0.3) is 0 Å². The molecule has 2 heterocycles. The van der Waals surface area contributed by atoms with Crippen LogP contribution in [0.15, 0.2) is 16.7 Å². The number of hydrogen-bond donors (Lipinski definition) is 1. The molecule has 0 aromatic carbocycles. The van der Waals surface area contributed by atoms with Crippen LogP contribution in [-0.4, -0.2) is 49.6 Å². The topological polar surface area (TPSA) is 31.7 Å². The molecule has 2 rings (SSSR count). The van der Waals surface area contributed by atoms with E-state index in [1.165, 1.54) is 31.5 Å². The Kier molecular flexibility index (Phi) is 6.07. The summed E-state index contributed by atoms with van der Waals surface area (Å²) in [6.45, 7) is 7.50. The molecule has 1 N–H and O–H groups in total. The smallest absolute Gasteiger partial charge is 0.122 e. The third-order valence-electron chi connectivity index (χ3n) is 4.28. The Bertz CT molecular complexity index is 383. The zero-order valence-corrected chi connectivity index (χ0v) is 13.2. The second-order valence-electron chi connectivity index (χ2n) is 6.00. The third-order valence-corrected chi connectivity index (χ3v) is 4.28. The first-order chi connectivity index (χ1) is 9.70. The zero-order valence-electron chi connectivity index (χ0n) is 13.2. The molecule has 0 atom stereocenters. The largest absolute Gasteiger partial charge is 0.468 e. The van der Waals surface area contributed by atoms with Gasteiger partial charge in [-0.1, -0.05) is 6.92 Å². The van der Waals surface area contributed by atoms with Gasteiger partial charge in [0, 0.05) is 18.2 Å². The SMILES string of the molecule is CCCNCc1occc1CN(C)C1CCN(C)CC1. The van der Waals surface area contributed by atoms with Crippen molar-refractivity contribution in [3.63, 3.8) is 0 Å². The quantitative estimate of drug-likeness (QED) is 0.776. The number of piperidine rings is 1. The summed E-state index contributed by atoms with van der Waals surface area (Å²) in [7, 11) is 4.45. The number of likely N-dealkylation sites (tertiary alicyclic amines) is 1. The highest BCUT2D eigenvalue weighted by Gasteiger charge is 2.21. The number of furan rings is 1. The summed E-state index contributed by atoms with van der Waals surface area (Å²) in [5, 5.41) is 3.42. The zero-order chi connectivity index (χ0) is 14.4. The van der Waals surface area contributed by atoms with Crippen LogP contribution in [0.1, 0.15) is 37.5 Å². The highest BCUT2D eigenvalue weighted by atomic mass is 16.3. The number of hydrogen-bond acceptors (Lipinski definition) is 4. The molecule has 4 heteroatoms. The van der Waals surface area contributed by atoms with Crippen molar-refractivity contribution in [2.75, 3.05) is 33.7 Å². The minimum Gasteiger partial charge on any atom is -0.468 e. The van der Waals surface area contributed by atoms with Crippen molar-refractivity contribution in [3.8, 4) is 0 Å². The molecule has 0 amide bonds. The lowest BCUT2D eigenvalue weighted by Gasteiger charge is -2.35. The molecule has 1 aromatic heterocycles. The van der Waals surface area contributed by atoms with Gasteiger partial charge in [-0.05, 0) is 59.1 Å². The molecule has 4 nitrogen and oxygen atoms in total. The Labute approximate surface area is 123 Å².